The average molecular weight is 546 g/mol. The van der Waals surface area contributed by atoms with Crippen LogP contribution in [0.4, 0.5) is 15.0 Å². The van der Waals surface area contributed by atoms with Crippen LogP contribution < -0.4 is 15.4 Å². The van der Waals surface area contributed by atoms with Crippen LogP contribution in [0.25, 0.3) is 10.8 Å². The second-order valence-corrected chi connectivity index (χ2v) is 8.07. The van der Waals surface area contributed by atoms with Crippen molar-refractivity contribution in [3.8, 4) is 5.75 Å². The van der Waals surface area contributed by atoms with E-state index in [1.165, 1.54) is 19.2 Å². The van der Waals surface area contributed by atoms with Crippen LogP contribution in [0.3, 0.4) is 0 Å². The van der Waals surface area contributed by atoms with Gasteiger partial charge in [0.15, 0.2) is 11.4 Å². The number of halogens is 2. The van der Waals surface area contributed by atoms with Crippen molar-refractivity contribution in [3.05, 3.63) is 75.9 Å². The highest BCUT2D eigenvalue weighted by atomic mass is 79.9. The SMILES string of the molecule is CC/C=C(\NC(=O)OCC)Nc1nc(C(=O)OC)c(OCc2ccccc2)c2cc(F)cc(Br)c12. The third kappa shape index (κ3) is 6.48. The smallest absolute Gasteiger partial charge is 0.412 e. The molecule has 0 atom stereocenters. The van der Waals surface area contributed by atoms with Crippen molar-refractivity contribution < 1.29 is 28.2 Å². The predicted octanol–water partition coefficient (Wildman–Crippen LogP) is 5.91. The van der Waals surface area contributed by atoms with Gasteiger partial charge in [-0.25, -0.2) is 19.0 Å². The number of esters is 1. The van der Waals surface area contributed by atoms with Crippen LogP contribution in [-0.2, 0) is 16.1 Å². The number of rotatable bonds is 9. The van der Waals surface area contributed by atoms with E-state index in [0.29, 0.717) is 16.3 Å². The molecular weight excluding hydrogens is 521 g/mol. The van der Waals surface area contributed by atoms with Crippen LogP contribution >= 0.6 is 15.9 Å². The number of amides is 1. The minimum absolute atomic E-state index is 0.0702. The molecule has 0 aliphatic heterocycles. The maximum Gasteiger partial charge on any atom is 0.412 e. The summed E-state index contributed by atoms with van der Waals surface area (Å²) in [5.41, 5.74) is 0.698. The van der Waals surface area contributed by atoms with Crippen LogP contribution in [0.2, 0.25) is 0 Å². The van der Waals surface area contributed by atoms with E-state index in [0.717, 1.165) is 5.56 Å². The van der Waals surface area contributed by atoms with Crippen LogP contribution in [0.1, 0.15) is 36.3 Å². The van der Waals surface area contributed by atoms with E-state index in [1.54, 1.807) is 13.0 Å². The van der Waals surface area contributed by atoms with Gasteiger partial charge in [-0.2, -0.15) is 0 Å². The predicted molar refractivity (Wildman–Crippen MR) is 134 cm³/mol. The number of alkyl carbamates (subject to hydrolysis) is 1. The largest absolute Gasteiger partial charge is 0.486 e. The third-order valence-electron chi connectivity index (χ3n) is 4.75. The van der Waals surface area contributed by atoms with Gasteiger partial charge in [0.05, 0.1) is 13.7 Å². The quantitative estimate of drug-likeness (QED) is 0.322. The molecule has 0 saturated heterocycles. The summed E-state index contributed by atoms with van der Waals surface area (Å²) in [5, 5.41) is 6.34. The number of benzene rings is 2. The summed E-state index contributed by atoms with van der Waals surface area (Å²) < 4.78 is 30.7. The Kier molecular flexibility index (Phi) is 9.02. The first-order valence-corrected chi connectivity index (χ1v) is 11.7. The van der Waals surface area contributed by atoms with Gasteiger partial charge < -0.3 is 19.5 Å². The molecule has 0 radical (unpaired) electrons. The molecule has 0 fully saturated rings. The number of hydrogen-bond acceptors (Lipinski definition) is 7. The van der Waals surface area contributed by atoms with Gasteiger partial charge in [-0.05, 0) is 53.0 Å². The number of nitrogens with zero attached hydrogens (tertiary/aromatic N) is 1. The maximum absolute atomic E-state index is 14.5. The molecule has 3 aromatic rings. The van der Waals surface area contributed by atoms with E-state index in [-0.39, 0.29) is 41.7 Å². The Morgan fingerprint density at radius 1 is 1.17 bits per heavy atom. The molecule has 184 valence electrons. The van der Waals surface area contributed by atoms with Gasteiger partial charge in [0.2, 0.25) is 0 Å². The second-order valence-electron chi connectivity index (χ2n) is 7.21. The second kappa shape index (κ2) is 12.2. The lowest BCUT2D eigenvalue weighted by atomic mass is 10.1. The minimum Gasteiger partial charge on any atom is -0.486 e. The summed E-state index contributed by atoms with van der Waals surface area (Å²) in [5.74, 6) is -0.782. The topological polar surface area (TPSA) is 98.8 Å². The number of fused-ring (bicyclic) bond motifs is 1. The summed E-state index contributed by atoms with van der Waals surface area (Å²) in [4.78, 5) is 29.1. The van der Waals surface area contributed by atoms with Crippen molar-refractivity contribution >= 4 is 44.6 Å². The zero-order valence-electron chi connectivity index (χ0n) is 19.5. The van der Waals surface area contributed by atoms with Crippen molar-refractivity contribution in [2.24, 2.45) is 0 Å². The van der Waals surface area contributed by atoms with Crippen LogP contribution in [0.5, 0.6) is 5.75 Å². The normalized spacial score (nSPS) is 11.2. The number of ether oxygens (including phenoxy) is 3. The first-order valence-electron chi connectivity index (χ1n) is 10.9. The van der Waals surface area contributed by atoms with E-state index in [4.69, 9.17) is 14.2 Å². The Hall–Kier alpha value is -3.66. The number of pyridine rings is 1. The van der Waals surface area contributed by atoms with E-state index < -0.39 is 17.9 Å². The molecule has 3 rings (SSSR count). The Morgan fingerprint density at radius 2 is 1.91 bits per heavy atom. The van der Waals surface area contributed by atoms with Crippen LogP contribution in [0, 0.1) is 5.82 Å². The number of aromatic nitrogens is 1. The fraction of sp³-hybridized carbons (Fsp3) is 0.240. The summed E-state index contributed by atoms with van der Waals surface area (Å²) in [7, 11) is 1.22. The lowest BCUT2D eigenvalue weighted by Gasteiger charge is -2.19. The molecule has 2 N–H and O–H groups in total. The van der Waals surface area contributed by atoms with Gasteiger partial charge in [-0.15, -0.1) is 0 Å². The fourth-order valence-corrected chi connectivity index (χ4v) is 3.90. The highest BCUT2D eigenvalue weighted by molar-refractivity contribution is 9.10. The molecule has 0 saturated carbocycles. The number of nitrogens with one attached hydrogen (secondary N) is 2. The lowest BCUT2D eigenvalue weighted by Crippen LogP contribution is -2.28. The number of anilines is 1. The van der Waals surface area contributed by atoms with Gasteiger partial charge in [0.25, 0.3) is 0 Å². The first kappa shape index (κ1) is 26.0. The molecule has 1 aromatic heterocycles. The average Bonchev–Trinajstić information content (AvgIpc) is 2.83. The molecular formula is C25H25BrFN3O5. The number of carbonyl (C=O) groups excluding carboxylic acids is 2. The number of allylic oxidation sites excluding steroid dienone is 1. The molecule has 0 bridgehead atoms. The highest BCUT2D eigenvalue weighted by Crippen LogP contribution is 2.39. The van der Waals surface area contributed by atoms with E-state index in [9.17, 15) is 14.0 Å². The molecule has 0 aliphatic rings. The van der Waals surface area contributed by atoms with Gasteiger partial charge in [-0.1, -0.05) is 37.3 Å². The first-order chi connectivity index (χ1) is 16.9. The molecule has 2 aromatic carbocycles. The number of carbonyl (C=O) groups is 2. The molecule has 8 nitrogen and oxygen atoms in total. The van der Waals surface area contributed by atoms with Crippen molar-refractivity contribution in [1.82, 2.24) is 10.3 Å². The molecule has 0 aliphatic carbocycles. The summed E-state index contributed by atoms with van der Waals surface area (Å²) >= 11 is 3.39. The van der Waals surface area contributed by atoms with Crippen LogP contribution in [0.15, 0.2) is 58.8 Å². The summed E-state index contributed by atoms with van der Waals surface area (Å²) in [6, 6.07) is 11.8. The molecule has 10 heteroatoms. The van der Waals surface area contributed by atoms with E-state index in [2.05, 4.69) is 31.5 Å². The Labute approximate surface area is 210 Å². The summed E-state index contributed by atoms with van der Waals surface area (Å²) in [6.45, 7) is 3.88. The minimum atomic E-state index is -0.766. The van der Waals surface area contributed by atoms with Crippen molar-refractivity contribution in [2.45, 2.75) is 26.9 Å². The molecule has 0 unspecified atom stereocenters. The zero-order valence-corrected chi connectivity index (χ0v) is 21.1. The third-order valence-corrected chi connectivity index (χ3v) is 5.38. The Bertz CT molecular complexity index is 1250. The molecule has 1 heterocycles. The van der Waals surface area contributed by atoms with Crippen molar-refractivity contribution in [3.63, 3.8) is 0 Å². The van der Waals surface area contributed by atoms with Gasteiger partial charge in [0.1, 0.15) is 24.1 Å². The zero-order chi connectivity index (χ0) is 25.4. The number of methoxy groups -OCH3 is 1. The standard InChI is InChI=1S/C25H25BrFN3O5/c1-4-9-19(29-25(32)34-5-2)28-23-20-17(12-16(27)13-18(20)26)22(21(30-23)24(31)33-3)35-14-15-10-7-6-8-11-15/h6-13H,4-5,14H2,1-3H3,(H,28,30)(H,29,32)/b19-9-. The van der Waals surface area contributed by atoms with Crippen molar-refractivity contribution in [1.29, 1.82) is 0 Å². The molecule has 0 spiro atoms. The highest BCUT2D eigenvalue weighted by Gasteiger charge is 2.24. The Morgan fingerprint density at radius 3 is 2.57 bits per heavy atom. The van der Waals surface area contributed by atoms with Gasteiger partial charge >= 0.3 is 12.1 Å². The lowest BCUT2D eigenvalue weighted by molar-refractivity contribution is 0.0589. The molecule has 35 heavy (non-hydrogen) atoms. The van der Waals surface area contributed by atoms with E-state index in [1.807, 2.05) is 37.3 Å². The summed E-state index contributed by atoms with van der Waals surface area (Å²) in [6.07, 6.45) is 1.62. The Balaban J connectivity index is 2.16. The maximum atomic E-state index is 14.5. The van der Waals surface area contributed by atoms with Crippen molar-refractivity contribution in [2.75, 3.05) is 19.0 Å². The van der Waals surface area contributed by atoms with Crippen LogP contribution in [-0.4, -0.2) is 30.8 Å². The van der Waals surface area contributed by atoms with Gasteiger partial charge in [-0.3, -0.25) is 5.32 Å². The number of hydrogen-bond donors (Lipinski definition) is 2. The monoisotopic (exact) mass is 545 g/mol. The van der Waals surface area contributed by atoms with E-state index >= 15 is 0 Å². The fourth-order valence-electron chi connectivity index (χ4n) is 3.28. The molecule has 1 amide bonds. The van der Waals surface area contributed by atoms with Gasteiger partial charge in [0, 0.05) is 15.2 Å².